The summed E-state index contributed by atoms with van der Waals surface area (Å²) < 4.78 is 111. The molecule has 11 heteroatoms. The minimum Gasteiger partial charge on any atom is -0.460 e. The molecule has 5 atom stereocenters. The molecule has 0 amide bonds. The first-order valence-electron chi connectivity index (χ1n) is 14.4. The number of alkyl halides is 6. The molecule has 0 spiro atoms. The van der Waals surface area contributed by atoms with Gasteiger partial charge in [0.15, 0.2) is 6.29 Å². The van der Waals surface area contributed by atoms with Crippen LogP contribution in [0.1, 0.15) is 88.5 Å². The van der Waals surface area contributed by atoms with Gasteiger partial charge in [0.1, 0.15) is 11.4 Å². The molecule has 0 saturated carbocycles. The highest BCUT2D eigenvalue weighted by Gasteiger charge is 2.41. The molecular weight excluding hydrogens is 581 g/mol. The van der Waals surface area contributed by atoms with E-state index in [1.54, 1.807) is 32.9 Å². The van der Waals surface area contributed by atoms with Crippen molar-refractivity contribution in [2.45, 2.75) is 97.1 Å². The third kappa shape index (κ3) is 10.2. The van der Waals surface area contributed by atoms with Crippen LogP contribution in [0.5, 0.6) is 0 Å². The molecule has 0 aromatic heterocycles. The van der Waals surface area contributed by atoms with Gasteiger partial charge in [-0.25, -0.2) is 4.39 Å². The van der Waals surface area contributed by atoms with E-state index in [1.165, 1.54) is 12.1 Å². The highest BCUT2D eigenvalue weighted by Crippen LogP contribution is 2.43. The van der Waals surface area contributed by atoms with Crippen LogP contribution in [-0.2, 0) is 38.0 Å². The monoisotopic (exact) mass is 620 g/mol. The van der Waals surface area contributed by atoms with Crippen LogP contribution in [0.2, 0.25) is 0 Å². The van der Waals surface area contributed by atoms with E-state index in [9.17, 15) is 35.5 Å². The molecule has 2 unspecified atom stereocenters. The second kappa shape index (κ2) is 14.0. The summed E-state index contributed by atoms with van der Waals surface area (Å²) in [5.41, 5.74) is -3.13. The number of benzene rings is 2. The van der Waals surface area contributed by atoms with E-state index < -0.39 is 53.7 Å². The predicted molar refractivity (Wildman–Crippen MR) is 146 cm³/mol. The Hall–Kier alpha value is -2.66. The summed E-state index contributed by atoms with van der Waals surface area (Å²) in [6.07, 6.45) is -8.50. The molecule has 2 aromatic rings. The van der Waals surface area contributed by atoms with Crippen LogP contribution in [0.15, 0.2) is 42.5 Å². The van der Waals surface area contributed by atoms with Gasteiger partial charge in [0, 0.05) is 12.3 Å². The van der Waals surface area contributed by atoms with Gasteiger partial charge < -0.3 is 14.2 Å². The normalized spacial score (nSPS) is 22.3. The van der Waals surface area contributed by atoms with Crippen molar-refractivity contribution in [1.82, 2.24) is 0 Å². The molecule has 0 bridgehead atoms. The number of halogens is 7. The molecule has 1 aliphatic rings. The fraction of sp³-hybridized carbons (Fsp3) is 0.594. The zero-order chi connectivity index (χ0) is 32.2. The van der Waals surface area contributed by atoms with Gasteiger partial charge in [-0.3, -0.25) is 4.79 Å². The summed E-state index contributed by atoms with van der Waals surface area (Å²) in [5.74, 6) is -1.46. The Balaban J connectivity index is 1.84. The van der Waals surface area contributed by atoms with Gasteiger partial charge in [0.25, 0.3) is 0 Å². The molecule has 43 heavy (non-hydrogen) atoms. The molecule has 0 aliphatic carbocycles. The fourth-order valence-electron chi connectivity index (χ4n) is 5.63. The van der Waals surface area contributed by atoms with Gasteiger partial charge in [-0.2, -0.15) is 26.3 Å². The Morgan fingerprint density at radius 2 is 1.56 bits per heavy atom. The fourth-order valence-corrected chi connectivity index (χ4v) is 5.63. The third-order valence-corrected chi connectivity index (χ3v) is 7.60. The van der Waals surface area contributed by atoms with E-state index in [-0.39, 0.29) is 48.4 Å². The Morgan fingerprint density at radius 1 is 0.977 bits per heavy atom. The SMILES string of the molecule is CCCC(CC(=O)OC(C)(C)C)C[C@H]1COC(OCc2cc(C(F)(F)F)cc(C(F)(F)F)c2)[C@@H](c2ccc(F)cc2)[C@@H]1C. The van der Waals surface area contributed by atoms with Gasteiger partial charge in [0.2, 0.25) is 0 Å². The Bertz CT molecular complexity index is 1170. The van der Waals surface area contributed by atoms with Crippen molar-refractivity contribution in [2.75, 3.05) is 6.61 Å². The van der Waals surface area contributed by atoms with Crippen molar-refractivity contribution in [2.24, 2.45) is 17.8 Å². The van der Waals surface area contributed by atoms with Crippen molar-refractivity contribution in [3.8, 4) is 0 Å². The zero-order valence-electron chi connectivity index (χ0n) is 24.9. The first kappa shape index (κ1) is 34.8. The predicted octanol–water partition coefficient (Wildman–Crippen LogP) is 9.31. The second-order valence-electron chi connectivity index (χ2n) is 12.3. The summed E-state index contributed by atoms with van der Waals surface area (Å²) in [4.78, 5) is 12.6. The summed E-state index contributed by atoms with van der Waals surface area (Å²) in [7, 11) is 0. The number of hydrogen-bond donors (Lipinski definition) is 0. The van der Waals surface area contributed by atoms with Gasteiger partial charge in [0.05, 0.1) is 24.3 Å². The van der Waals surface area contributed by atoms with Crippen molar-refractivity contribution in [3.05, 3.63) is 70.5 Å². The number of carbonyl (C=O) groups is 1. The smallest absolute Gasteiger partial charge is 0.416 e. The van der Waals surface area contributed by atoms with Gasteiger partial charge in [-0.1, -0.05) is 38.8 Å². The van der Waals surface area contributed by atoms with E-state index in [0.29, 0.717) is 24.1 Å². The number of esters is 1. The van der Waals surface area contributed by atoms with Crippen molar-refractivity contribution in [1.29, 1.82) is 0 Å². The van der Waals surface area contributed by atoms with Gasteiger partial charge in [-0.05, 0) is 86.4 Å². The Morgan fingerprint density at radius 3 is 2.07 bits per heavy atom. The van der Waals surface area contributed by atoms with E-state index in [4.69, 9.17) is 14.2 Å². The topological polar surface area (TPSA) is 44.8 Å². The van der Waals surface area contributed by atoms with E-state index in [0.717, 1.165) is 12.8 Å². The molecule has 1 saturated heterocycles. The quantitative estimate of drug-likeness (QED) is 0.196. The third-order valence-electron chi connectivity index (χ3n) is 7.60. The lowest BCUT2D eigenvalue weighted by molar-refractivity contribution is -0.209. The summed E-state index contributed by atoms with van der Waals surface area (Å²) >= 11 is 0. The molecule has 1 heterocycles. The van der Waals surface area contributed by atoms with Crippen LogP contribution in [0.4, 0.5) is 30.7 Å². The van der Waals surface area contributed by atoms with E-state index in [1.807, 2.05) is 13.8 Å². The molecule has 0 radical (unpaired) electrons. The summed E-state index contributed by atoms with van der Waals surface area (Å²) in [6.45, 7) is 9.01. The molecule has 0 N–H and O–H groups in total. The maximum absolute atomic E-state index is 13.8. The lowest BCUT2D eigenvalue weighted by atomic mass is 9.73. The van der Waals surface area contributed by atoms with E-state index in [2.05, 4.69) is 0 Å². The Kier molecular flexibility index (Phi) is 11.3. The second-order valence-corrected chi connectivity index (χ2v) is 12.3. The van der Waals surface area contributed by atoms with Crippen molar-refractivity contribution in [3.63, 3.8) is 0 Å². The minimum absolute atomic E-state index is 0.00753. The van der Waals surface area contributed by atoms with Crippen LogP contribution < -0.4 is 0 Å². The zero-order valence-corrected chi connectivity index (χ0v) is 24.9. The van der Waals surface area contributed by atoms with Crippen LogP contribution >= 0.6 is 0 Å². The first-order chi connectivity index (χ1) is 19.9. The maximum Gasteiger partial charge on any atom is 0.416 e. The first-order valence-corrected chi connectivity index (χ1v) is 14.4. The molecule has 240 valence electrons. The molecule has 2 aromatic carbocycles. The van der Waals surface area contributed by atoms with Crippen molar-refractivity contribution < 1.29 is 49.7 Å². The summed E-state index contributed by atoms with van der Waals surface area (Å²) in [6, 6.07) is 7.00. The van der Waals surface area contributed by atoms with Gasteiger partial charge >= 0.3 is 18.3 Å². The largest absolute Gasteiger partial charge is 0.460 e. The number of rotatable bonds is 10. The molecule has 4 nitrogen and oxygen atoms in total. The van der Waals surface area contributed by atoms with Gasteiger partial charge in [-0.15, -0.1) is 0 Å². The number of carbonyl (C=O) groups excluding carboxylic acids is 1. The minimum atomic E-state index is -4.98. The summed E-state index contributed by atoms with van der Waals surface area (Å²) in [5, 5.41) is 0. The van der Waals surface area contributed by atoms with Crippen LogP contribution in [0, 0.1) is 23.6 Å². The van der Waals surface area contributed by atoms with Crippen LogP contribution in [-0.4, -0.2) is 24.5 Å². The van der Waals surface area contributed by atoms with E-state index >= 15 is 0 Å². The lowest BCUT2D eigenvalue weighted by Gasteiger charge is -2.42. The molecule has 1 fully saturated rings. The standard InChI is InChI=1S/C32H39F7O4/c1-6-7-20(15-27(40)43-30(3,4)5)12-23-18-42-29(28(19(23)2)22-8-10-26(33)11-9-22)41-17-21-13-24(31(34,35)36)16-25(14-21)32(37,38)39/h8-11,13-14,16,19-20,23,28-29H,6-7,12,15,17-18H2,1-5H3/t19-,20?,23+,28-,29?/m1/s1. The highest BCUT2D eigenvalue weighted by atomic mass is 19.4. The average Bonchev–Trinajstić information content (AvgIpc) is 2.87. The maximum atomic E-state index is 13.8. The molecule has 1 aliphatic heterocycles. The van der Waals surface area contributed by atoms with Crippen LogP contribution in [0.25, 0.3) is 0 Å². The lowest BCUT2D eigenvalue weighted by Crippen LogP contribution is -2.42. The average molecular weight is 621 g/mol. The number of hydrogen-bond acceptors (Lipinski definition) is 4. The highest BCUT2D eigenvalue weighted by molar-refractivity contribution is 5.70. The van der Waals surface area contributed by atoms with Crippen molar-refractivity contribution >= 4 is 5.97 Å². The Labute approximate surface area is 247 Å². The molecule has 3 rings (SSSR count). The number of ether oxygens (including phenoxy) is 3. The molecular formula is C32H39F7O4. The van der Waals surface area contributed by atoms with Crippen LogP contribution in [0.3, 0.4) is 0 Å².